The van der Waals surface area contributed by atoms with Gasteiger partial charge in [0.2, 0.25) is 0 Å². The summed E-state index contributed by atoms with van der Waals surface area (Å²) >= 11 is 0. The normalized spacial score (nSPS) is 22.2. The van der Waals surface area contributed by atoms with E-state index in [-0.39, 0.29) is 0 Å². The van der Waals surface area contributed by atoms with E-state index in [2.05, 4.69) is 34.1 Å². The summed E-state index contributed by atoms with van der Waals surface area (Å²) in [6.07, 6.45) is 2.80. The second-order valence-electron chi connectivity index (χ2n) is 6.06. The van der Waals surface area contributed by atoms with Crippen LogP contribution < -0.4 is 10.5 Å². The van der Waals surface area contributed by atoms with E-state index in [0.717, 1.165) is 24.9 Å². The van der Waals surface area contributed by atoms with Gasteiger partial charge in [-0.3, -0.25) is 9.80 Å². The number of hydrogen-bond donors (Lipinski definition) is 1. The monoisotopic (exact) mass is 289 g/mol. The molecular weight excluding hydrogens is 262 g/mol. The Kier molecular flexibility index (Phi) is 4.78. The molecule has 1 saturated carbocycles. The molecule has 2 aliphatic rings. The van der Waals surface area contributed by atoms with Crippen molar-refractivity contribution < 1.29 is 4.74 Å². The van der Waals surface area contributed by atoms with Crippen molar-refractivity contribution in [2.45, 2.75) is 31.8 Å². The number of nitrogens with two attached hydrogens (primary N) is 1. The molecule has 1 aliphatic carbocycles. The fourth-order valence-corrected chi connectivity index (χ4v) is 3.30. The Labute approximate surface area is 127 Å². The highest BCUT2D eigenvalue weighted by Gasteiger charge is 2.32. The fourth-order valence-electron chi connectivity index (χ4n) is 3.30. The van der Waals surface area contributed by atoms with Gasteiger partial charge in [0.25, 0.3) is 0 Å². The van der Waals surface area contributed by atoms with Crippen LogP contribution >= 0.6 is 0 Å². The molecule has 4 heteroatoms. The molecule has 4 nitrogen and oxygen atoms in total. The summed E-state index contributed by atoms with van der Waals surface area (Å²) in [5, 5.41) is 0. The van der Waals surface area contributed by atoms with Crippen molar-refractivity contribution >= 4 is 0 Å². The number of ether oxygens (including phenoxy) is 1. The molecule has 116 valence electrons. The van der Waals surface area contributed by atoms with Crippen molar-refractivity contribution in [1.82, 2.24) is 9.80 Å². The minimum Gasteiger partial charge on any atom is -0.494 e. The second-order valence-corrected chi connectivity index (χ2v) is 6.06. The van der Waals surface area contributed by atoms with Gasteiger partial charge in [-0.15, -0.1) is 0 Å². The summed E-state index contributed by atoms with van der Waals surface area (Å²) in [6, 6.07) is 9.66. The molecule has 1 aromatic rings. The van der Waals surface area contributed by atoms with Gasteiger partial charge in [0.15, 0.2) is 0 Å². The minimum absolute atomic E-state index is 0.335. The van der Waals surface area contributed by atoms with Gasteiger partial charge in [-0.05, 0) is 37.5 Å². The molecule has 2 fully saturated rings. The zero-order valence-electron chi connectivity index (χ0n) is 13.0. The Morgan fingerprint density at radius 1 is 1.14 bits per heavy atom. The van der Waals surface area contributed by atoms with E-state index in [9.17, 15) is 0 Å². The summed E-state index contributed by atoms with van der Waals surface area (Å²) in [6.45, 7) is 8.05. The van der Waals surface area contributed by atoms with Crippen molar-refractivity contribution in [1.29, 1.82) is 0 Å². The predicted octanol–water partition coefficient (Wildman–Crippen LogP) is 1.87. The highest BCUT2D eigenvalue weighted by Crippen LogP contribution is 2.29. The van der Waals surface area contributed by atoms with Crippen LogP contribution in [0.5, 0.6) is 5.75 Å². The molecule has 0 aromatic heterocycles. The average molecular weight is 289 g/mol. The summed E-state index contributed by atoms with van der Waals surface area (Å²) in [5.74, 6) is 0.940. The maximum atomic E-state index is 6.05. The van der Waals surface area contributed by atoms with Crippen molar-refractivity contribution in [2.75, 3.05) is 39.3 Å². The van der Waals surface area contributed by atoms with E-state index in [1.807, 2.05) is 6.92 Å². The van der Waals surface area contributed by atoms with E-state index in [1.165, 1.54) is 31.5 Å². The van der Waals surface area contributed by atoms with Crippen molar-refractivity contribution in [3.05, 3.63) is 29.8 Å². The van der Waals surface area contributed by atoms with Crippen LogP contribution in [0.2, 0.25) is 0 Å². The Morgan fingerprint density at radius 3 is 2.33 bits per heavy atom. The van der Waals surface area contributed by atoms with Crippen LogP contribution in [0.25, 0.3) is 0 Å². The summed E-state index contributed by atoms with van der Waals surface area (Å²) in [4.78, 5) is 5.18. The molecule has 0 radical (unpaired) electrons. The zero-order valence-corrected chi connectivity index (χ0v) is 13.0. The highest BCUT2D eigenvalue weighted by molar-refractivity contribution is 5.29. The van der Waals surface area contributed by atoms with Crippen molar-refractivity contribution in [3.8, 4) is 5.75 Å². The third-order valence-electron chi connectivity index (χ3n) is 4.65. The Hall–Kier alpha value is -1.10. The molecule has 1 aromatic carbocycles. The third kappa shape index (κ3) is 3.57. The first kappa shape index (κ1) is 14.8. The van der Waals surface area contributed by atoms with Crippen LogP contribution in [0.1, 0.15) is 31.4 Å². The molecule has 0 spiro atoms. The SMILES string of the molecule is CCOc1ccc(C(CN)N2CCN(C3CC3)CC2)cc1. The van der Waals surface area contributed by atoms with E-state index in [0.29, 0.717) is 19.2 Å². The molecular formula is C17H27N3O. The Morgan fingerprint density at radius 2 is 1.81 bits per heavy atom. The van der Waals surface area contributed by atoms with Gasteiger partial charge in [0.1, 0.15) is 5.75 Å². The smallest absolute Gasteiger partial charge is 0.119 e. The molecule has 0 bridgehead atoms. The third-order valence-corrected chi connectivity index (χ3v) is 4.65. The molecule has 1 unspecified atom stereocenters. The number of benzene rings is 1. The topological polar surface area (TPSA) is 41.7 Å². The lowest BCUT2D eigenvalue weighted by molar-refractivity contribution is 0.0938. The van der Waals surface area contributed by atoms with Crippen LogP contribution in [-0.4, -0.2) is 55.2 Å². The lowest BCUT2D eigenvalue weighted by Gasteiger charge is -2.39. The van der Waals surface area contributed by atoms with Gasteiger partial charge < -0.3 is 10.5 Å². The van der Waals surface area contributed by atoms with Gasteiger partial charge in [-0.2, -0.15) is 0 Å². The summed E-state index contributed by atoms with van der Waals surface area (Å²) < 4.78 is 5.52. The van der Waals surface area contributed by atoms with E-state index >= 15 is 0 Å². The molecule has 1 heterocycles. The lowest BCUT2D eigenvalue weighted by atomic mass is 10.0. The van der Waals surface area contributed by atoms with Gasteiger partial charge in [0, 0.05) is 44.8 Å². The van der Waals surface area contributed by atoms with Gasteiger partial charge in [-0.1, -0.05) is 12.1 Å². The Balaban J connectivity index is 1.61. The van der Waals surface area contributed by atoms with Crippen LogP contribution in [0.15, 0.2) is 24.3 Å². The fraction of sp³-hybridized carbons (Fsp3) is 0.647. The molecule has 3 rings (SSSR count). The molecule has 0 amide bonds. The maximum Gasteiger partial charge on any atom is 0.119 e. The van der Waals surface area contributed by atoms with Crippen LogP contribution in [0.4, 0.5) is 0 Å². The largest absolute Gasteiger partial charge is 0.494 e. The first-order valence-corrected chi connectivity index (χ1v) is 8.22. The van der Waals surface area contributed by atoms with Gasteiger partial charge in [0.05, 0.1) is 6.61 Å². The number of hydrogen-bond acceptors (Lipinski definition) is 4. The van der Waals surface area contributed by atoms with Crippen molar-refractivity contribution in [2.24, 2.45) is 5.73 Å². The lowest BCUT2D eigenvalue weighted by Crippen LogP contribution is -2.49. The molecule has 1 aliphatic heterocycles. The first-order chi connectivity index (χ1) is 10.3. The maximum absolute atomic E-state index is 6.05. The summed E-state index contributed by atoms with van der Waals surface area (Å²) in [7, 11) is 0. The van der Waals surface area contributed by atoms with Crippen LogP contribution in [0.3, 0.4) is 0 Å². The molecule has 1 saturated heterocycles. The quantitative estimate of drug-likeness (QED) is 0.868. The Bertz CT molecular complexity index is 436. The first-order valence-electron chi connectivity index (χ1n) is 8.22. The van der Waals surface area contributed by atoms with E-state index in [4.69, 9.17) is 10.5 Å². The highest BCUT2D eigenvalue weighted by atomic mass is 16.5. The zero-order chi connectivity index (χ0) is 14.7. The molecule has 21 heavy (non-hydrogen) atoms. The number of piperazine rings is 1. The standard InChI is InChI=1S/C17H27N3O/c1-2-21-16-7-3-14(4-8-16)17(13-18)20-11-9-19(10-12-20)15-5-6-15/h3-4,7-8,15,17H,2,5-6,9-13,18H2,1H3. The summed E-state index contributed by atoms with van der Waals surface area (Å²) in [5.41, 5.74) is 7.36. The van der Waals surface area contributed by atoms with Gasteiger partial charge in [-0.25, -0.2) is 0 Å². The van der Waals surface area contributed by atoms with Crippen LogP contribution in [0, 0.1) is 0 Å². The van der Waals surface area contributed by atoms with Crippen LogP contribution in [-0.2, 0) is 0 Å². The molecule has 2 N–H and O–H groups in total. The second kappa shape index (κ2) is 6.77. The van der Waals surface area contributed by atoms with Crippen molar-refractivity contribution in [3.63, 3.8) is 0 Å². The van der Waals surface area contributed by atoms with Gasteiger partial charge >= 0.3 is 0 Å². The minimum atomic E-state index is 0.335. The predicted molar refractivity (Wildman–Crippen MR) is 85.6 cm³/mol. The average Bonchev–Trinajstić information content (AvgIpc) is 3.36. The molecule has 1 atom stereocenters. The number of rotatable bonds is 6. The van der Waals surface area contributed by atoms with E-state index in [1.54, 1.807) is 0 Å². The van der Waals surface area contributed by atoms with E-state index < -0.39 is 0 Å². The number of nitrogens with zero attached hydrogens (tertiary/aromatic N) is 2.